The van der Waals surface area contributed by atoms with Crippen molar-refractivity contribution in [3.8, 4) is 5.75 Å². The van der Waals surface area contributed by atoms with Crippen molar-refractivity contribution < 1.29 is 13.5 Å². The van der Waals surface area contributed by atoms with Gasteiger partial charge >= 0.3 is 0 Å². The average Bonchev–Trinajstić information content (AvgIpc) is 3.27. The Morgan fingerprint density at radius 1 is 1.10 bits per heavy atom. The highest BCUT2D eigenvalue weighted by atomic mass is 19.2. The summed E-state index contributed by atoms with van der Waals surface area (Å²) in [4.78, 5) is 0. The number of halogens is 2. The fourth-order valence-electron chi connectivity index (χ4n) is 2.24. The third kappa shape index (κ3) is 3.58. The molecular formula is C17H17F2NO. The SMILES string of the molecule is NC(Cc1ccc(F)c(F)c1)c1cccc(OC2CC2)c1. The monoisotopic (exact) mass is 289 g/mol. The molecule has 2 aromatic rings. The van der Waals surface area contributed by atoms with E-state index < -0.39 is 11.6 Å². The van der Waals surface area contributed by atoms with Crippen molar-refractivity contribution in [3.63, 3.8) is 0 Å². The molecule has 110 valence electrons. The van der Waals surface area contributed by atoms with Crippen LogP contribution in [0.15, 0.2) is 42.5 Å². The van der Waals surface area contributed by atoms with Crippen LogP contribution in [0, 0.1) is 11.6 Å². The number of benzene rings is 2. The largest absolute Gasteiger partial charge is 0.490 e. The van der Waals surface area contributed by atoms with Crippen LogP contribution in [0.4, 0.5) is 8.78 Å². The van der Waals surface area contributed by atoms with E-state index >= 15 is 0 Å². The summed E-state index contributed by atoms with van der Waals surface area (Å²) in [6.07, 6.45) is 2.99. The van der Waals surface area contributed by atoms with Gasteiger partial charge in [0, 0.05) is 6.04 Å². The second-order valence-corrected chi connectivity index (χ2v) is 5.45. The van der Waals surface area contributed by atoms with Gasteiger partial charge in [0.05, 0.1) is 6.10 Å². The average molecular weight is 289 g/mol. The van der Waals surface area contributed by atoms with Crippen molar-refractivity contribution in [1.29, 1.82) is 0 Å². The lowest BCUT2D eigenvalue weighted by Crippen LogP contribution is -2.13. The molecule has 0 saturated heterocycles. The molecule has 4 heteroatoms. The van der Waals surface area contributed by atoms with Crippen LogP contribution in [-0.4, -0.2) is 6.10 Å². The Morgan fingerprint density at radius 3 is 2.62 bits per heavy atom. The van der Waals surface area contributed by atoms with Crippen LogP contribution in [0.3, 0.4) is 0 Å². The van der Waals surface area contributed by atoms with Crippen molar-refractivity contribution in [2.45, 2.75) is 31.4 Å². The zero-order chi connectivity index (χ0) is 14.8. The van der Waals surface area contributed by atoms with Gasteiger partial charge in [0.1, 0.15) is 5.75 Å². The van der Waals surface area contributed by atoms with E-state index in [1.165, 1.54) is 6.07 Å². The van der Waals surface area contributed by atoms with Crippen LogP contribution in [-0.2, 0) is 6.42 Å². The molecule has 0 aliphatic heterocycles. The summed E-state index contributed by atoms with van der Waals surface area (Å²) in [5, 5.41) is 0. The summed E-state index contributed by atoms with van der Waals surface area (Å²) < 4.78 is 31.9. The first kappa shape index (κ1) is 14.0. The summed E-state index contributed by atoms with van der Waals surface area (Å²) in [6, 6.07) is 11.3. The Hall–Kier alpha value is -1.94. The lowest BCUT2D eigenvalue weighted by molar-refractivity contribution is 0.302. The minimum absolute atomic E-state index is 0.280. The molecule has 2 aromatic carbocycles. The molecule has 0 heterocycles. The van der Waals surface area contributed by atoms with Gasteiger partial charge in [-0.2, -0.15) is 0 Å². The first-order chi connectivity index (χ1) is 10.1. The second-order valence-electron chi connectivity index (χ2n) is 5.45. The Kier molecular flexibility index (Phi) is 3.88. The van der Waals surface area contributed by atoms with Gasteiger partial charge in [-0.15, -0.1) is 0 Å². The van der Waals surface area contributed by atoms with Gasteiger partial charge in [-0.05, 0) is 54.7 Å². The molecule has 0 amide bonds. The second kappa shape index (κ2) is 5.82. The molecule has 1 fully saturated rings. The maximum atomic E-state index is 13.2. The molecule has 0 spiro atoms. The van der Waals surface area contributed by atoms with Crippen molar-refractivity contribution >= 4 is 0 Å². The zero-order valence-corrected chi connectivity index (χ0v) is 11.6. The van der Waals surface area contributed by atoms with E-state index in [1.54, 1.807) is 6.07 Å². The molecule has 2 N–H and O–H groups in total. The Bertz CT molecular complexity index is 640. The van der Waals surface area contributed by atoms with E-state index in [1.807, 2.05) is 24.3 Å². The fourth-order valence-corrected chi connectivity index (χ4v) is 2.24. The number of nitrogens with two attached hydrogens (primary N) is 1. The number of hydrogen-bond acceptors (Lipinski definition) is 2. The van der Waals surface area contributed by atoms with Gasteiger partial charge in [-0.25, -0.2) is 8.78 Å². The standard InChI is InChI=1S/C17H17F2NO/c18-15-7-4-11(8-16(15)19)9-17(20)12-2-1-3-14(10-12)21-13-5-6-13/h1-4,7-8,10,13,17H,5-6,9,20H2. The fraction of sp³-hybridized carbons (Fsp3) is 0.294. The van der Waals surface area contributed by atoms with Crippen molar-refractivity contribution in [2.24, 2.45) is 5.73 Å². The maximum Gasteiger partial charge on any atom is 0.159 e. The van der Waals surface area contributed by atoms with E-state index in [4.69, 9.17) is 10.5 Å². The zero-order valence-electron chi connectivity index (χ0n) is 11.6. The molecule has 0 radical (unpaired) electrons. The molecule has 1 aliphatic carbocycles. The predicted octanol–water partition coefficient (Wildman–Crippen LogP) is 3.75. The molecule has 1 saturated carbocycles. The van der Waals surface area contributed by atoms with Crippen molar-refractivity contribution in [3.05, 3.63) is 65.2 Å². The van der Waals surface area contributed by atoms with Gasteiger partial charge in [0.2, 0.25) is 0 Å². The summed E-state index contributed by atoms with van der Waals surface area (Å²) >= 11 is 0. The van der Waals surface area contributed by atoms with Crippen LogP contribution in [0.2, 0.25) is 0 Å². The van der Waals surface area contributed by atoms with Crippen molar-refractivity contribution in [2.75, 3.05) is 0 Å². The third-order valence-corrected chi connectivity index (χ3v) is 3.55. The smallest absolute Gasteiger partial charge is 0.159 e. The van der Waals surface area contributed by atoms with E-state index in [0.29, 0.717) is 18.1 Å². The van der Waals surface area contributed by atoms with Gasteiger partial charge in [-0.1, -0.05) is 18.2 Å². The first-order valence-electron chi connectivity index (χ1n) is 7.08. The first-order valence-corrected chi connectivity index (χ1v) is 7.08. The molecule has 21 heavy (non-hydrogen) atoms. The van der Waals surface area contributed by atoms with Gasteiger partial charge in [0.15, 0.2) is 11.6 Å². The van der Waals surface area contributed by atoms with E-state index in [0.717, 1.165) is 30.2 Å². The topological polar surface area (TPSA) is 35.2 Å². The Balaban J connectivity index is 1.71. The molecular weight excluding hydrogens is 272 g/mol. The summed E-state index contributed by atoms with van der Waals surface area (Å²) in [5.41, 5.74) is 7.76. The number of hydrogen-bond donors (Lipinski definition) is 1. The van der Waals surface area contributed by atoms with Gasteiger partial charge in [-0.3, -0.25) is 0 Å². The third-order valence-electron chi connectivity index (χ3n) is 3.55. The van der Waals surface area contributed by atoms with Crippen LogP contribution in [0.1, 0.15) is 30.0 Å². The lowest BCUT2D eigenvalue weighted by Gasteiger charge is -2.14. The van der Waals surface area contributed by atoms with E-state index in [-0.39, 0.29) is 6.04 Å². The molecule has 0 aromatic heterocycles. The lowest BCUT2D eigenvalue weighted by atomic mass is 9.99. The van der Waals surface area contributed by atoms with Crippen LogP contribution < -0.4 is 10.5 Å². The van der Waals surface area contributed by atoms with E-state index in [9.17, 15) is 8.78 Å². The van der Waals surface area contributed by atoms with Gasteiger partial charge in [0.25, 0.3) is 0 Å². The Labute approximate surface area is 122 Å². The molecule has 1 aliphatic rings. The minimum Gasteiger partial charge on any atom is -0.490 e. The normalized spacial score (nSPS) is 15.8. The molecule has 1 atom stereocenters. The summed E-state index contributed by atoms with van der Waals surface area (Å²) in [5.74, 6) is -0.867. The van der Waals surface area contributed by atoms with Crippen molar-refractivity contribution in [1.82, 2.24) is 0 Å². The quantitative estimate of drug-likeness (QED) is 0.910. The molecule has 2 nitrogen and oxygen atoms in total. The minimum atomic E-state index is -0.842. The highest BCUT2D eigenvalue weighted by molar-refractivity contribution is 5.32. The highest BCUT2D eigenvalue weighted by Gasteiger charge is 2.23. The number of rotatable bonds is 5. The molecule has 0 bridgehead atoms. The summed E-state index contributed by atoms with van der Waals surface area (Å²) in [6.45, 7) is 0. The summed E-state index contributed by atoms with van der Waals surface area (Å²) in [7, 11) is 0. The van der Waals surface area contributed by atoms with E-state index in [2.05, 4.69) is 0 Å². The maximum absolute atomic E-state index is 13.2. The van der Waals surface area contributed by atoms with Crippen LogP contribution >= 0.6 is 0 Å². The Morgan fingerprint density at radius 2 is 1.90 bits per heavy atom. The van der Waals surface area contributed by atoms with Gasteiger partial charge < -0.3 is 10.5 Å². The van der Waals surface area contributed by atoms with Crippen LogP contribution in [0.25, 0.3) is 0 Å². The highest BCUT2D eigenvalue weighted by Crippen LogP contribution is 2.28. The predicted molar refractivity (Wildman–Crippen MR) is 77.1 cm³/mol. The molecule has 3 rings (SSSR count). The molecule has 1 unspecified atom stereocenters. The van der Waals surface area contributed by atoms with Crippen LogP contribution in [0.5, 0.6) is 5.75 Å². The number of ether oxygens (including phenoxy) is 1.